The van der Waals surface area contributed by atoms with E-state index in [0.29, 0.717) is 12.4 Å². The van der Waals surface area contributed by atoms with Crippen molar-refractivity contribution < 1.29 is 9.72 Å². The van der Waals surface area contributed by atoms with E-state index in [4.69, 9.17) is 0 Å². The first-order valence-corrected chi connectivity index (χ1v) is 7.93. The Morgan fingerprint density at radius 2 is 2.43 bits per heavy atom. The highest BCUT2D eigenvalue weighted by Gasteiger charge is 2.29. The summed E-state index contributed by atoms with van der Waals surface area (Å²) in [6, 6.07) is 1.60. The van der Waals surface area contributed by atoms with Crippen LogP contribution in [0.1, 0.15) is 23.7 Å². The molecule has 0 saturated carbocycles. The summed E-state index contributed by atoms with van der Waals surface area (Å²) in [5.41, 5.74) is -0.162. The normalized spacial score (nSPS) is 17.5. The molecule has 8 heteroatoms. The first kappa shape index (κ1) is 15.6. The predicted octanol–water partition coefficient (Wildman–Crippen LogP) is 2.00. The molecule has 114 valence electrons. The molecule has 1 atom stereocenters. The quantitative estimate of drug-likeness (QED) is 0.661. The summed E-state index contributed by atoms with van der Waals surface area (Å²) in [5, 5.41) is 14.1. The molecule has 2 rings (SSSR count). The Bertz CT molecular complexity index is 546. The number of pyridine rings is 1. The van der Waals surface area contributed by atoms with Crippen molar-refractivity contribution >= 4 is 29.2 Å². The molecule has 0 aromatic carbocycles. The third-order valence-corrected chi connectivity index (χ3v) is 4.59. The second-order valence-corrected chi connectivity index (χ2v) is 5.96. The average Bonchev–Trinajstić information content (AvgIpc) is 3.00. The molecule has 2 heterocycles. The fraction of sp³-hybridized carbons (Fsp3) is 0.538. The number of rotatable bonds is 5. The number of anilines is 1. The fourth-order valence-electron chi connectivity index (χ4n) is 2.23. The number of nitrogens with zero attached hydrogens (tertiary/aromatic N) is 3. The number of carbonyl (C=O) groups excluding carboxylic acids is 1. The van der Waals surface area contributed by atoms with Crippen LogP contribution in [0, 0.1) is 10.1 Å². The van der Waals surface area contributed by atoms with Crippen LogP contribution < -0.4 is 5.32 Å². The number of nitrogens with one attached hydrogen (secondary N) is 1. The van der Waals surface area contributed by atoms with Crippen LogP contribution >= 0.6 is 11.8 Å². The van der Waals surface area contributed by atoms with Crippen LogP contribution in [0.2, 0.25) is 0 Å². The van der Waals surface area contributed by atoms with Crippen molar-refractivity contribution in [3.05, 3.63) is 27.9 Å². The summed E-state index contributed by atoms with van der Waals surface area (Å²) in [7, 11) is 1.70. The molecule has 0 bridgehead atoms. The fourth-order valence-corrected chi connectivity index (χ4v) is 3.49. The summed E-state index contributed by atoms with van der Waals surface area (Å²) >= 11 is 1.79. The van der Waals surface area contributed by atoms with E-state index in [9.17, 15) is 14.9 Å². The topological polar surface area (TPSA) is 88.4 Å². The second kappa shape index (κ2) is 6.75. The average molecular weight is 310 g/mol. The van der Waals surface area contributed by atoms with Gasteiger partial charge in [0.2, 0.25) is 0 Å². The number of hydrogen-bond donors (Lipinski definition) is 1. The van der Waals surface area contributed by atoms with Gasteiger partial charge < -0.3 is 10.2 Å². The lowest BCUT2D eigenvalue weighted by atomic mass is 10.1. The van der Waals surface area contributed by atoms with Gasteiger partial charge in [0.15, 0.2) is 0 Å². The molecule has 1 aromatic heterocycles. The lowest BCUT2D eigenvalue weighted by Gasteiger charge is -2.23. The maximum Gasteiger partial charge on any atom is 0.300 e. The molecule has 1 aliphatic heterocycles. The minimum Gasteiger partial charge on any atom is -0.370 e. The van der Waals surface area contributed by atoms with Crippen molar-refractivity contribution in [1.29, 1.82) is 0 Å². The summed E-state index contributed by atoms with van der Waals surface area (Å²) in [4.78, 5) is 28.7. The molecule has 1 saturated heterocycles. The maximum absolute atomic E-state index is 12.6. The Hall–Kier alpha value is -1.83. The van der Waals surface area contributed by atoms with E-state index >= 15 is 0 Å². The first-order chi connectivity index (χ1) is 10.0. The highest BCUT2D eigenvalue weighted by molar-refractivity contribution is 7.99. The van der Waals surface area contributed by atoms with Crippen LogP contribution in [0.5, 0.6) is 0 Å². The number of hydrogen-bond acceptors (Lipinski definition) is 6. The third-order valence-electron chi connectivity index (χ3n) is 3.44. The van der Waals surface area contributed by atoms with Gasteiger partial charge in [-0.05, 0) is 19.1 Å². The lowest BCUT2D eigenvalue weighted by molar-refractivity contribution is -0.385. The van der Waals surface area contributed by atoms with Crippen molar-refractivity contribution in [2.24, 2.45) is 0 Å². The highest BCUT2D eigenvalue weighted by Crippen LogP contribution is 2.26. The zero-order valence-corrected chi connectivity index (χ0v) is 12.9. The van der Waals surface area contributed by atoms with Gasteiger partial charge in [-0.1, -0.05) is 0 Å². The minimum atomic E-state index is -0.562. The molecule has 21 heavy (non-hydrogen) atoms. The Morgan fingerprint density at radius 3 is 3.00 bits per heavy atom. The second-order valence-electron chi connectivity index (χ2n) is 4.81. The number of carbonyl (C=O) groups is 1. The molecule has 1 fully saturated rings. The van der Waals surface area contributed by atoms with E-state index in [2.05, 4.69) is 10.3 Å². The van der Waals surface area contributed by atoms with Crippen molar-refractivity contribution in [2.75, 3.05) is 30.4 Å². The smallest absolute Gasteiger partial charge is 0.300 e. The summed E-state index contributed by atoms with van der Waals surface area (Å²) in [6.07, 6.45) is 2.06. The van der Waals surface area contributed by atoms with E-state index in [1.165, 1.54) is 6.07 Å². The van der Waals surface area contributed by atoms with Crippen molar-refractivity contribution in [3.8, 4) is 0 Å². The van der Waals surface area contributed by atoms with E-state index < -0.39 is 4.92 Å². The van der Waals surface area contributed by atoms with Crippen LogP contribution in [-0.2, 0) is 0 Å². The van der Waals surface area contributed by atoms with E-state index in [-0.39, 0.29) is 23.2 Å². The van der Waals surface area contributed by atoms with Crippen LogP contribution in [0.25, 0.3) is 0 Å². The first-order valence-electron chi connectivity index (χ1n) is 6.77. The van der Waals surface area contributed by atoms with Crippen molar-refractivity contribution in [3.63, 3.8) is 0 Å². The maximum atomic E-state index is 12.6. The molecule has 0 aliphatic carbocycles. The van der Waals surface area contributed by atoms with Gasteiger partial charge in [-0.25, -0.2) is 4.98 Å². The van der Waals surface area contributed by atoms with Crippen molar-refractivity contribution in [1.82, 2.24) is 9.88 Å². The molecule has 1 N–H and O–H groups in total. The Balaban J connectivity index is 2.32. The Kier molecular flexibility index (Phi) is 5.00. The largest absolute Gasteiger partial charge is 0.370 e. The van der Waals surface area contributed by atoms with Gasteiger partial charge in [-0.2, -0.15) is 11.8 Å². The van der Waals surface area contributed by atoms with Crippen LogP contribution in [0.15, 0.2) is 12.3 Å². The monoisotopic (exact) mass is 310 g/mol. The molecule has 1 amide bonds. The molecule has 7 nitrogen and oxygen atoms in total. The van der Waals surface area contributed by atoms with Gasteiger partial charge in [0.25, 0.3) is 11.6 Å². The summed E-state index contributed by atoms with van der Waals surface area (Å²) in [6.45, 7) is 2.53. The van der Waals surface area contributed by atoms with Crippen molar-refractivity contribution in [2.45, 2.75) is 19.4 Å². The van der Waals surface area contributed by atoms with Gasteiger partial charge >= 0.3 is 0 Å². The molecule has 0 radical (unpaired) electrons. The summed E-state index contributed by atoms with van der Waals surface area (Å²) < 4.78 is 0. The molecular formula is C13H18N4O3S. The lowest BCUT2D eigenvalue weighted by Crippen LogP contribution is -2.37. The SMILES string of the molecule is CCNc1cc(C(=O)N(C)C2CCSC2)c([N+](=O)[O-])cn1. The highest BCUT2D eigenvalue weighted by atomic mass is 32.2. The van der Waals surface area contributed by atoms with Gasteiger partial charge in [0.1, 0.15) is 17.6 Å². The predicted molar refractivity (Wildman–Crippen MR) is 82.9 cm³/mol. The molecule has 0 spiro atoms. The number of nitro groups is 1. The van der Waals surface area contributed by atoms with Crippen LogP contribution in [0.4, 0.5) is 11.5 Å². The third kappa shape index (κ3) is 3.44. The number of aromatic nitrogens is 1. The van der Waals surface area contributed by atoms with Gasteiger partial charge in [-0.15, -0.1) is 0 Å². The zero-order chi connectivity index (χ0) is 15.4. The van der Waals surface area contributed by atoms with Gasteiger partial charge in [-0.3, -0.25) is 14.9 Å². The van der Waals surface area contributed by atoms with E-state index in [0.717, 1.165) is 24.1 Å². The van der Waals surface area contributed by atoms with Gasteiger partial charge in [0.05, 0.1) is 4.92 Å². The van der Waals surface area contributed by atoms with Crippen LogP contribution in [-0.4, -0.2) is 51.9 Å². The Morgan fingerprint density at radius 1 is 1.67 bits per heavy atom. The molecule has 1 unspecified atom stereocenters. The van der Waals surface area contributed by atoms with Gasteiger partial charge in [0, 0.05) is 31.5 Å². The number of thioether (sulfide) groups is 1. The van der Waals surface area contributed by atoms with E-state index in [1.54, 1.807) is 23.7 Å². The van der Waals surface area contributed by atoms with E-state index in [1.807, 2.05) is 6.92 Å². The molecular weight excluding hydrogens is 292 g/mol. The van der Waals surface area contributed by atoms with Crippen LogP contribution in [0.3, 0.4) is 0 Å². The number of amides is 1. The zero-order valence-electron chi connectivity index (χ0n) is 12.0. The standard InChI is InChI=1S/C13H18N4O3S/c1-3-14-12-6-10(11(7-15-12)17(19)20)13(18)16(2)9-4-5-21-8-9/h6-7,9H,3-5,8H2,1-2H3,(H,14,15). The minimum absolute atomic E-state index is 0.0883. The molecule has 1 aromatic rings. The molecule has 1 aliphatic rings. The summed E-state index contributed by atoms with van der Waals surface area (Å²) in [5.74, 6) is 2.04. The Labute approximate surface area is 127 Å².